The minimum absolute atomic E-state index is 0.00817. The first-order chi connectivity index (χ1) is 42.4. The molecule has 0 saturated carbocycles. The lowest BCUT2D eigenvalue weighted by Crippen LogP contribution is -2.51. The van der Waals surface area contributed by atoms with Crippen molar-refractivity contribution < 1.29 is 57.3 Å². The van der Waals surface area contributed by atoms with Crippen molar-refractivity contribution in [2.24, 2.45) is 9.98 Å². The van der Waals surface area contributed by atoms with Crippen molar-refractivity contribution in [3.63, 3.8) is 0 Å². The number of aliphatic imine (C=N–C) groups is 2. The van der Waals surface area contributed by atoms with Crippen LogP contribution in [0.25, 0.3) is 0 Å². The van der Waals surface area contributed by atoms with Gasteiger partial charge in [0.05, 0.1) is 11.4 Å². The van der Waals surface area contributed by atoms with Crippen molar-refractivity contribution in [3.05, 3.63) is 203 Å². The molecule has 6 aromatic carbocycles. The van der Waals surface area contributed by atoms with Gasteiger partial charge in [0.1, 0.15) is 38.5 Å². The predicted molar refractivity (Wildman–Crippen MR) is 322 cm³/mol. The number of carbonyl (C=O) groups is 8. The van der Waals surface area contributed by atoms with Gasteiger partial charge in [-0.25, -0.2) is 29.2 Å². The SMILES string of the molecule is O=C(CCCCCC(=O)NC1CCCN(Cc2ccc(N=C(NC(=O)OCc3ccccc3)NC(=O)OCc3ccccc3)cc2)C1=O)NC1CCCN(Cc2ccc(N=C(NC(=O)OCc3ccccc3)NC(=O)OCc3ccccc3)cc2)C1=O. The third-order valence-electron chi connectivity index (χ3n) is 13.9. The van der Waals surface area contributed by atoms with Crippen molar-refractivity contribution >= 4 is 71.3 Å². The zero-order valence-corrected chi connectivity index (χ0v) is 48.0. The fourth-order valence-electron chi connectivity index (χ4n) is 9.39. The van der Waals surface area contributed by atoms with Crippen molar-refractivity contribution in [2.45, 2.75) is 109 Å². The number of hydrogen-bond acceptors (Lipinski definition) is 14. The van der Waals surface area contributed by atoms with Crippen LogP contribution in [-0.4, -0.2) is 94.9 Å². The number of carbonyl (C=O) groups excluding carboxylic acids is 8. The van der Waals surface area contributed by atoms with Gasteiger partial charge in [0, 0.05) is 39.0 Å². The van der Waals surface area contributed by atoms with E-state index >= 15 is 0 Å². The van der Waals surface area contributed by atoms with Gasteiger partial charge in [0.25, 0.3) is 0 Å². The molecular formula is C65H70N10O12. The summed E-state index contributed by atoms with van der Waals surface area (Å²) >= 11 is 0. The van der Waals surface area contributed by atoms with Crippen LogP contribution < -0.4 is 31.9 Å². The van der Waals surface area contributed by atoms with Crippen LogP contribution in [0, 0.1) is 0 Å². The van der Waals surface area contributed by atoms with Crippen molar-refractivity contribution in [3.8, 4) is 0 Å². The van der Waals surface area contributed by atoms with Crippen LogP contribution in [0.1, 0.15) is 91.2 Å². The molecule has 0 aromatic heterocycles. The van der Waals surface area contributed by atoms with Crippen molar-refractivity contribution in [2.75, 3.05) is 13.1 Å². The molecule has 0 aliphatic carbocycles. The zero-order chi connectivity index (χ0) is 61.0. The molecule has 0 bridgehead atoms. The highest BCUT2D eigenvalue weighted by molar-refractivity contribution is 6.03. The topological polar surface area (TPSA) is 277 Å². The van der Waals surface area contributed by atoms with E-state index in [2.05, 4.69) is 41.9 Å². The molecule has 8 amide bonds. The van der Waals surface area contributed by atoms with Gasteiger partial charge in [-0.3, -0.25) is 40.4 Å². The first-order valence-corrected chi connectivity index (χ1v) is 28.8. The third-order valence-corrected chi connectivity index (χ3v) is 13.9. The molecule has 2 unspecified atom stereocenters. The maximum absolute atomic E-state index is 13.6. The highest BCUT2D eigenvalue weighted by atomic mass is 16.6. The third kappa shape index (κ3) is 21.6. The number of ether oxygens (including phenoxy) is 4. The molecular weight excluding hydrogens is 1110 g/mol. The van der Waals surface area contributed by atoms with E-state index in [1.54, 1.807) is 107 Å². The van der Waals surface area contributed by atoms with E-state index in [0.717, 1.165) is 33.4 Å². The monoisotopic (exact) mass is 1180 g/mol. The Kier molecular flexibility index (Phi) is 23.9. The molecule has 2 aliphatic heterocycles. The number of likely N-dealkylation sites (tertiary alicyclic amines) is 2. The van der Waals surface area contributed by atoms with E-state index in [1.165, 1.54) is 0 Å². The predicted octanol–water partition coefficient (Wildman–Crippen LogP) is 9.23. The van der Waals surface area contributed by atoms with Gasteiger partial charge in [0.2, 0.25) is 35.5 Å². The van der Waals surface area contributed by atoms with Gasteiger partial charge in [-0.05, 0) is 96.2 Å². The summed E-state index contributed by atoms with van der Waals surface area (Å²) in [6.45, 7) is 1.54. The minimum atomic E-state index is -0.847. The summed E-state index contributed by atoms with van der Waals surface area (Å²) in [6.07, 6.45) is 0.955. The second-order valence-electron chi connectivity index (χ2n) is 20.6. The summed E-state index contributed by atoms with van der Waals surface area (Å²) in [5.41, 5.74) is 5.43. The molecule has 2 fully saturated rings. The van der Waals surface area contributed by atoms with Gasteiger partial charge in [-0.1, -0.05) is 152 Å². The lowest BCUT2D eigenvalue weighted by molar-refractivity contribution is -0.139. The lowest BCUT2D eigenvalue weighted by atomic mass is 10.0. The Morgan fingerprint density at radius 2 is 0.690 bits per heavy atom. The minimum Gasteiger partial charge on any atom is -0.444 e. The largest absolute Gasteiger partial charge is 0.444 e. The number of alkyl carbamates (subject to hydrolysis) is 4. The molecule has 0 spiro atoms. The molecule has 2 aliphatic rings. The summed E-state index contributed by atoms with van der Waals surface area (Å²) in [6, 6.07) is 48.9. The number of nitrogens with zero attached hydrogens (tertiary/aromatic N) is 4. The first-order valence-electron chi connectivity index (χ1n) is 28.8. The van der Waals surface area contributed by atoms with E-state index in [4.69, 9.17) is 18.9 Å². The molecule has 6 aromatic rings. The molecule has 0 radical (unpaired) electrons. The number of piperidine rings is 2. The fourth-order valence-corrected chi connectivity index (χ4v) is 9.39. The maximum Gasteiger partial charge on any atom is 0.414 e. The highest BCUT2D eigenvalue weighted by Crippen LogP contribution is 2.21. The van der Waals surface area contributed by atoms with Crippen molar-refractivity contribution in [1.82, 2.24) is 41.7 Å². The van der Waals surface area contributed by atoms with Crippen LogP contribution in [0.4, 0.5) is 30.6 Å². The maximum atomic E-state index is 13.6. The van der Waals surface area contributed by atoms with Gasteiger partial charge in [-0.15, -0.1) is 0 Å². The number of amides is 8. The van der Waals surface area contributed by atoms with Gasteiger partial charge >= 0.3 is 24.4 Å². The van der Waals surface area contributed by atoms with Crippen LogP contribution >= 0.6 is 0 Å². The number of unbranched alkanes of at least 4 members (excludes halogenated alkanes) is 2. The normalized spacial score (nSPS) is 14.5. The van der Waals surface area contributed by atoms with Crippen LogP contribution in [0.2, 0.25) is 0 Å². The first kappa shape index (κ1) is 62.7. The Bertz CT molecular complexity index is 2980. The van der Waals surface area contributed by atoms with Gasteiger partial charge in [0.15, 0.2) is 0 Å². The molecule has 22 nitrogen and oxygen atoms in total. The smallest absolute Gasteiger partial charge is 0.414 e. The number of nitrogens with one attached hydrogen (secondary N) is 6. The van der Waals surface area contributed by atoms with Crippen LogP contribution in [0.3, 0.4) is 0 Å². The van der Waals surface area contributed by atoms with Crippen LogP contribution in [0.5, 0.6) is 0 Å². The number of rotatable bonds is 22. The standard InChI is InChI=1S/C65H70N10O12/c76-56(68-54-26-16-38-74(58(54)78)40-46-30-34-52(35-31-46)66-60(70-62(80)84-42-48-18-6-1-7-19-48)71-63(81)85-43-49-20-8-2-9-21-49)28-14-5-15-29-57(77)69-55-27-17-39-75(59(55)79)41-47-32-36-53(37-33-47)67-61(72-64(82)86-44-50-22-10-3-11-23-50)73-65(83)87-45-51-24-12-4-13-25-51/h1-4,6-13,18-25,30-37,54-55H,5,14-17,26-29,38-45H2,(H,68,76)(H,69,77)(H2,66,70,71,80,81)(H2,67,72,73,82,83). The highest BCUT2D eigenvalue weighted by Gasteiger charge is 2.31. The average Bonchev–Trinajstić information content (AvgIpc) is 3.41. The second kappa shape index (κ2) is 33.2. The second-order valence-corrected chi connectivity index (χ2v) is 20.6. The lowest BCUT2D eigenvalue weighted by Gasteiger charge is -2.33. The van der Waals surface area contributed by atoms with E-state index in [9.17, 15) is 38.4 Å². The van der Waals surface area contributed by atoms with Crippen LogP contribution in [-0.2, 0) is 77.6 Å². The molecule has 2 atom stereocenters. The summed E-state index contributed by atoms with van der Waals surface area (Å²) in [5, 5.41) is 15.7. The Labute approximate surface area is 504 Å². The Morgan fingerprint density at radius 1 is 0.391 bits per heavy atom. The Morgan fingerprint density at radius 3 is 0.989 bits per heavy atom. The molecule has 2 saturated heterocycles. The molecule has 87 heavy (non-hydrogen) atoms. The van der Waals surface area contributed by atoms with E-state index < -0.39 is 36.5 Å². The Balaban J connectivity index is 0.741. The quantitative estimate of drug-likeness (QED) is 0.0161. The summed E-state index contributed by atoms with van der Waals surface area (Å²) in [4.78, 5) is 117. The summed E-state index contributed by atoms with van der Waals surface area (Å²) in [5.74, 6) is -1.34. The van der Waals surface area contributed by atoms with Crippen LogP contribution in [0.15, 0.2) is 180 Å². The van der Waals surface area contributed by atoms with Crippen molar-refractivity contribution in [1.29, 1.82) is 0 Å². The van der Waals surface area contributed by atoms with E-state index in [-0.39, 0.29) is 87.9 Å². The Hall–Kier alpha value is -10.4. The summed E-state index contributed by atoms with van der Waals surface area (Å²) < 4.78 is 21.3. The van der Waals surface area contributed by atoms with E-state index in [1.807, 2.05) is 72.8 Å². The van der Waals surface area contributed by atoms with Gasteiger partial charge in [-0.2, -0.15) is 0 Å². The molecule has 452 valence electrons. The summed E-state index contributed by atoms with van der Waals surface area (Å²) in [7, 11) is 0. The number of benzene rings is 6. The molecule has 2 heterocycles. The fraction of sp³-hybridized carbons (Fsp3) is 0.292. The zero-order valence-electron chi connectivity index (χ0n) is 48.0. The number of hydrogen-bond donors (Lipinski definition) is 6. The van der Waals surface area contributed by atoms with Gasteiger partial charge < -0.3 is 39.4 Å². The molecule has 22 heteroatoms. The average molecular weight is 1180 g/mol. The molecule has 6 N–H and O–H groups in total. The molecule has 8 rings (SSSR count). The van der Waals surface area contributed by atoms with E-state index in [0.29, 0.717) is 69.4 Å². The number of guanidine groups is 2.